The molecule has 1 heterocycles. The largest absolute Gasteiger partial charge is 0.450 e. The van der Waals surface area contributed by atoms with E-state index in [-0.39, 0.29) is 12.4 Å². The summed E-state index contributed by atoms with van der Waals surface area (Å²) < 4.78 is 4.68. The van der Waals surface area contributed by atoms with Crippen LogP contribution < -0.4 is 5.32 Å². The first-order valence-corrected chi connectivity index (χ1v) is 5.03. The minimum Gasteiger partial charge on any atom is -0.450 e. The number of alkyl carbamates (subject to hydrolysis) is 1. The van der Waals surface area contributed by atoms with Crippen molar-refractivity contribution in [3.8, 4) is 0 Å². The number of nitrogens with one attached hydrogen (secondary N) is 1. The van der Waals surface area contributed by atoms with E-state index in [2.05, 4.69) is 15.0 Å². The van der Waals surface area contributed by atoms with Crippen LogP contribution in [-0.2, 0) is 4.74 Å². The van der Waals surface area contributed by atoms with Crippen LogP contribution in [0.1, 0.15) is 24.3 Å². The second kappa shape index (κ2) is 5.85. The molecule has 1 N–H and O–H groups in total. The lowest BCUT2D eigenvalue weighted by atomic mass is 10.1. The molecule has 0 saturated heterocycles. The summed E-state index contributed by atoms with van der Waals surface area (Å²) in [6.07, 6.45) is 0.934. The van der Waals surface area contributed by atoms with Gasteiger partial charge in [0.15, 0.2) is 0 Å². The summed E-state index contributed by atoms with van der Waals surface area (Å²) in [6, 6.07) is 4.40. The molecule has 1 aromatic rings. The van der Waals surface area contributed by atoms with E-state index in [9.17, 15) is 9.59 Å². The fraction of sp³-hybridized carbons (Fsp3) is 0.364. The molecule has 0 aromatic carbocycles. The molecule has 1 unspecified atom stereocenters. The molecule has 0 radical (unpaired) electrons. The predicted molar refractivity (Wildman–Crippen MR) is 58.2 cm³/mol. The van der Waals surface area contributed by atoms with Gasteiger partial charge in [0.05, 0.1) is 12.6 Å². The lowest BCUT2D eigenvalue weighted by molar-refractivity contribution is 0.0928. The number of rotatable bonds is 4. The van der Waals surface area contributed by atoms with E-state index in [4.69, 9.17) is 0 Å². The van der Waals surface area contributed by atoms with Gasteiger partial charge in [0.2, 0.25) is 5.78 Å². The molecule has 0 aliphatic rings. The second-order valence-corrected chi connectivity index (χ2v) is 3.17. The Bertz CT molecular complexity index is 365. The summed E-state index contributed by atoms with van der Waals surface area (Å²) >= 11 is 0. The third-order valence-corrected chi connectivity index (χ3v) is 1.92. The van der Waals surface area contributed by atoms with Crippen molar-refractivity contribution < 1.29 is 14.3 Å². The normalized spacial score (nSPS) is 11.6. The highest BCUT2D eigenvalue weighted by Crippen LogP contribution is 1.99. The average Bonchev–Trinajstić information content (AvgIpc) is 2.29. The van der Waals surface area contributed by atoms with Crippen molar-refractivity contribution in [3.05, 3.63) is 30.1 Å². The Hall–Kier alpha value is -1.91. The van der Waals surface area contributed by atoms with Gasteiger partial charge >= 0.3 is 6.09 Å². The number of hydrogen-bond acceptors (Lipinski definition) is 4. The molecule has 16 heavy (non-hydrogen) atoms. The minimum absolute atomic E-state index is 0.242. The molecule has 1 rings (SSSR count). The van der Waals surface area contributed by atoms with Crippen molar-refractivity contribution in [3.63, 3.8) is 0 Å². The number of amides is 1. The van der Waals surface area contributed by atoms with Crippen LogP contribution in [-0.4, -0.2) is 29.5 Å². The summed E-state index contributed by atoms with van der Waals surface area (Å²) in [7, 11) is 0. The molecule has 5 nitrogen and oxygen atoms in total. The van der Waals surface area contributed by atoms with Crippen LogP contribution in [0.4, 0.5) is 4.79 Å². The van der Waals surface area contributed by atoms with Gasteiger partial charge in [-0.3, -0.25) is 9.78 Å². The van der Waals surface area contributed by atoms with Crippen LogP contribution in [0.5, 0.6) is 0 Å². The molecule has 0 bridgehead atoms. The van der Waals surface area contributed by atoms with Gasteiger partial charge in [-0.2, -0.15) is 0 Å². The molecule has 0 aliphatic carbocycles. The quantitative estimate of drug-likeness (QED) is 0.782. The number of ether oxygens (including phenoxy) is 1. The first kappa shape index (κ1) is 12.2. The van der Waals surface area contributed by atoms with Crippen molar-refractivity contribution in [2.24, 2.45) is 0 Å². The molecular formula is C11H14N2O3. The predicted octanol–water partition coefficient (Wildman–Crippen LogP) is 1.40. The van der Waals surface area contributed by atoms with Crippen LogP contribution in [0.25, 0.3) is 0 Å². The van der Waals surface area contributed by atoms with Gasteiger partial charge in [0.25, 0.3) is 0 Å². The van der Waals surface area contributed by atoms with E-state index in [0.29, 0.717) is 5.69 Å². The standard InChI is InChI=1S/C11H14N2O3/c1-3-16-11(15)13-8(2)10(14)9-6-4-5-7-12-9/h4-8H,3H2,1-2H3,(H,13,15). The number of nitrogens with zero attached hydrogens (tertiary/aromatic N) is 1. The fourth-order valence-corrected chi connectivity index (χ4v) is 1.15. The van der Waals surface area contributed by atoms with E-state index in [0.717, 1.165) is 0 Å². The number of carbonyl (C=O) groups excluding carboxylic acids is 2. The van der Waals surface area contributed by atoms with E-state index in [1.54, 1.807) is 32.0 Å². The summed E-state index contributed by atoms with van der Waals surface area (Å²) in [6.45, 7) is 3.56. The lowest BCUT2D eigenvalue weighted by Gasteiger charge is -2.11. The molecule has 1 atom stereocenters. The summed E-state index contributed by atoms with van der Waals surface area (Å²) in [5, 5.41) is 2.43. The monoisotopic (exact) mass is 222 g/mol. The van der Waals surface area contributed by atoms with E-state index >= 15 is 0 Å². The number of hydrogen-bond donors (Lipinski definition) is 1. The van der Waals surface area contributed by atoms with Gasteiger partial charge < -0.3 is 10.1 Å². The number of Topliss-reactive ketones (excluding diaryl/α,β-unsaturated/α-hetero) is 1. The SMILES string of the molecule is CCOC(=O)NC(C)C(=O)c1ccccn1. The van der Waals surface area contributed by atoms with Crippen molar-refractivity contribution in [2.45, 2.75) is 19.9 Å². The maximum atomic E-state index is 11.8. The Morgan fingerprint density at radius 3 is 2.81 bits per heavy atom. The molecule has 0 spiro atoms. The molecule has 5 heteroatoms. The van der Waals surface area contributed by atoms with Crippen molar-refractivity contribution >= 4 is 11.9 Å². The van der Waals surface area contributed by atoms with Crippen LogP contribution in [0.15, 0.2) is 24.4 Å². The Morgan fingerprint density at radius 1 is 1.50 bits per heavy atom. The molecule has 0 fully saturated rings. The topological polar surface area (TPSA) is 68.3 Å². The van der Waals surface area contributed by atoms with E-state index < -0.39 is 12.1 Å². The van der Waals surface area contributed by atoms with Crippen LogP contribution in [0.2, 0.25) is 0 Å². The second-order valence-electron chi connectivity index (χ2n) is 3.17. The zero-order valence-corrected chi connectivity index (χ0v) is 9.27. The number of carbonyl (C=O) groups is 2. The van der Waals surface area contributed by atoms with Gasteiger partial charge in [-0.1, -0.05) is 6.07 Å². The highest BCUT2D eigenvalue weighted by atomic mass is 16.5. The first-order valence-electron chi connectivity index (χ1n) is 5.03. The highest BCUT2D eigenvalue weighted by molar-refractivity contribution is 5.99. The summed E-state index contributed by atoms with van der Waals surface area (Å²) in [4.78, 5) is 26.7. The van der Waals surface area contributed by atoms with Crippen molar-refractivity contribution in [1.82, 2.24) is 10.3 Å². The summed E-state index contributed by atoms with van der Waals surface area (Å²) in [5.41, 5.74) is 0.326. The highest BCUT2D eigenvalue weighted by Gasteiger charge is 2.18. The fourth-order valence-electron chi connectivity index (χ4n) is 1.15. The molecule has 86 valence electrons. The third kappa shape index (κ3) is 3.34. The zero-order chi connectivity index (χ0) is 12.0. The van der Waals surface area contributed by atoms with Gasteiger partial charge in [-0.15, -0.1) is 0 Å². The smallest absolute Gasteiger partial charge is 0.407 e. The van der Waals surface area contributed by atoms with E-state index in [1.807, 2.05) is 0 Å². The van der Waals surface area contributed by atoms with Gasteiger partial charge in [0, 0.05) is 6.20 Å². The molecule has 0 saturated carbocycles. The molecule has 0 aliphatic heterocycles. The van der Waals surface area contributed by atoms with Crippen molar-refractivity contribution in [2.75, 3.05) is 6.61 Å². The molecule has 1 amide bonds. The number of aromatic nitrogens is 1. The summed E-state index contributed by atoms with van der Waals surface area (Å²) in [5.74, 6) is -0.242. The van der Waals surface area contributed by atoms with Crippen LogP contribution in [0, 0.1) is 0 Å². The number of pyridine rings is 1. The Morgan fingerprint density at radius 2 is 2.25 bits per heavy atom. The Kier molecular flexibility index (Phi) is 4.44. The maximum Gasteiger partial charge on any atom is 0.407 e. The Balaban J connectivity index is 2.58. The maximum absolute atomic E-state index is 11.8. The zero-order valence-electron chi connectivity index (χ0n) is 9.27. The molecular weight excluding hydrogens is 208 g/mol. The lowest BCUT2D eigenvalue weighted by Crippen LogP contribution is -2.39. The van der Waals surface area contributed by atoms with Crippen LogP contribution in [0.3, 0.4) is 0 Å². The molecule has 1 aromatic heterocycles. The van der Waals surface area contributed by atoms with Gasteiger partial charge in [-0.05, 0) is 26.0 Å². The minimum atomic E-state index is -0.644. The first-order chi connectivity index (χ1) is 7.65. The van der Waals surface area contributed by atoms with Gasteiger partial charge in [0.1, 0.15) is 5.69 Å². The van der Waals surface area contributed by atoms with E-state index in [1.165, 1.54) is 6.20 Å². The van der Waals surface area contributed by atoms with Crippen molar-refractivity contribution in [1.29, 1.82) is 0 Å². The van der Waals surface area contributed by atoms with Crippen LogP contribution >= 0.6 is 0 Å². The van der Waals surface area contributed by atoms with Gasteiger partial charge in [-0.25, -0.2) is 4.79 Å². The Labute approximate surface area is 93.8 Å². The third-order valence-electron chi connectivity index (χ3n) is 1.92. The average molecular weight is 222 g/mol. The number of ketones is 1.